The summed E-state index contributed by atoms with van der Waals surface area (Å²) in [5.74, 6) is 0. The second-order valence-electron chi connectivity index (χ2n) is 3.13. The topological polar surface area (TPSA) is 12.0 Å². The molecule has 0 fully saturated rings. The van der Waals surface area contributed by atoms with Gasteiger partial charge < -0.3 is 5.32 Å². The van der Waals surface area contributed by atoms with Gasteiger partial charge in [0.1, 0.15) is 0 Å². The van der Waals surface area contributed by atoms with Crippen LogP contribution in [0.25, 0.3) is 0 Å². The zero-order valence-electron chi connectivity index (χ0n) is 6.50. The number of halogens is 1. The number of hydrogen-bond acceptors (Lipinski definition) is 1. The molecule has 56 valence electrons. The first kappa shape index (κ1) is 8.89. The van der Waals surface area contributed by atoms with Gasteiger partial charge in [0.15, 0.2) is 0 Å². The number of rotatable bonds is 4. The molecule has 0 saturated carbocycles. The SMILES string of the molecule is CNCC(C)(C)CCF. The largest absolute Gasteiger partial charge is 0.319 e. The van der Waals surface area contributed by atoms with E-state index in [0.717, 1.165) is 6.54 Å². The van der Waals surface area contributed by atoms with E-state index in [0.29, 0.717) is 6.42 Å². The highest BCUT2D eigenvalue weighted by Crippen LogP contribution is 2.18. The molecule has 0 heterocycles. The van der Waals surface area contributed by atoms with E-state index in [-0.39, 0.29) is 12.1 Å². The molecule has 0 aliphatic rings. The van der Waals surface area contributed by atoms with Crippen LogP contribution in [-0.2, 0) is 0 Å². The molecular formula is C7H16FN. The van der Waals surface area contributed by atoms with Gasteiger partial charge in [-0.1, -0.05) is 13.8 Å². The van der Waals surface area contributed by atoms with Crippen LogP contribution in [0.4, 0.5) is 4.39 Å². The van der Waals surface area contributed by atoms with Crippen molar-refractivity contribution in [1.29, 1.82) is 0 Å². The van der Waals surface area contributed by atoms with Crippen LogP contribution in [0.1, 0.15) is 20.3 Å². The standard InChI is InChI=1S/C7H16FN/c1-7(2,4-5-8)6-9-3/h9H,4-6H2,1-3H3. The first-order valence-corrected chi connectivity index (χ1v) is 3.33. The van der Waals surface area contributed by atoms with Crippen molar-refractivity contribution >= 4 is 0 Å². The van der Waals surface area contributed by atoms with Gasteiger partial charge in [-0.3, -0.25) is 4.39 Å². The van der Waals surface area contributed by atoms with E-state index in [1.165, 1.54) is 0 Å². The molecule has 0 aromatic rings. The van der Waals surface area contributed by atoms with Crippen molar-refractivity contribution in [3.8, 4) is 0 Å². The van der Waals surface area contributed by atoms with E-state index < -0.39 is 0 Å². The normalized spacial score (nSPS) is 12.0. The van der Waals surface area contributed by atoms with Crippen molar-refractivity contribution in [1.82, 2.24) is 5.32 Å². The van der Waals surface area contributed by atoms with E-state index >= 15 is 0 Å². The molecule has 0 unspecified atom stereocenters. The molecule has 2 heteroatoms. The Kier molecular flexibility index (Phi) is 3.78. The third kappa shape index (κ3) is 4.40. The first-order chi connectivity index (χ1) is 4.12. The maximum Gasteiger partial charge on any atom is 0.0900 e. The zero-order valence-corrected chi connectivity index (χ0v) is 6.50. The van der Waals surface area contributed by atoms with E-state index in [9.17, 15) is 4.39 Å². The van der Waals surface area contributed by atoms with Crippen LogP contribution in [-0.4, -0.2) is 20.3 Å². The number of hydrogen-bond donors (Lipinski definition) is 1. The number of nitrogens with one attached hydrogen (secondary N) is 1. The molecule has 0 radical (unpaired) electrons. The summed E-state index contributed by atoms with van der Waals surface area (Å²) in [6, 6.07) is 0. The summed E-state index contributed by atoms with van der Waals surface area (Å²) < 4.78 is 11.8. The van der Waals surface area contributed by atoms with Crippen molar-refractivity contribution in [2.45, 2.75) is 20.3 Å². The van der Waals surface area contributed by atoms with Gasteiger partial charge in [-0.05, 0) is 18.9 Å². The van der Waals surface area contributed by atoms with Crippen molar-refractivity contribution in [2.75, 3.05) is 20.3 Å². The summed E-state index contributed by atoms with van der Waals surface area (Å²) in [5, 5.41) is 3.03. The number of alkyl halides is 1. The molecule has 1 nitrogen and oxygen atoms in total. The predicted octanol–water partition coefficient (Wildman–Crippen LogP) is 1.59. The van der Waals surface area contributed by atoms with Crippen molar-refractivity contribution in [3.63, 3.8) is 0 Å². The Morgan fingerprint density at radius 2 is 2.00 bits per heavy atom. The van der Waals surface area contributed by atoms with Crippen LogP contribution >= 0.6 is 0 Å². The Hall–Kier alpha value is -0.110. The fraction of sp³-hybridized carbons (Fsp3) is 1.00. The second kappa shape index (κ2) is 3.83. The van der Waals surface area contributed by atoms with Crippen LogP contribution in [0.5, 0.6) is 0 Å². The molecule has 0 amide bonds. The van der Waals surface area contributed by atoms with Gasteiger partial charge >= 0.3 is 0 Å². The Balaban J connectivity index is 3.43. The minimum atomic E-state index is -0.214. The van der Waals surface area contributed by atoms with Gasteiger partial charge in [0.2, 0.25) is 0 Å². The summed E-state index contributed by atoms with van der Waals surface area (Å²) in [6.45, 7) is 4.79. The summed E-state index contributed by atoms with van der Waals surface area (Å²) in [7, 11) is 1.89. The zero-order chi connectivity index (χ0) is 7.33. The summed E-state index contributed by atoms with van der Waals surface area (Å²) in [5.41, 5.74) is 0.115. The Bertz CT molecular complexity index is 63.3. The van der Waals surface area contributed by atoms with Gasteiger partial charge in [-0.2, -0.15) is 0 Å². The lowest BCUT2D eigenvalue weighted by Crippen LogP contribution is -2.26. The van der Waals surface area contributed by atoms with Gasteiger partial charge in [-0.25, -0.2) is 0 Å². The Morgan fingerprint density at radius 3 is 2.33 bits per heavy atom. The van der Waals surface area contributed by atoms with Gasteiger partial charge in [0, 0.05) is 6.54 Å². The highest BCUT2D eigenvalue weighted by atomic mass is 19.1. The first-order valence-electron chi connectivity index (χ1n) is 3.33. The summed E-state index contributed by atoms with van der Waals surface area (Å²) in [6.07, 6.45) is 0.647. The van der Waals surface area contributed by atoms with Crippen molar-refractivity contribution in [3.05, 3.63) is 0 Å². The molecule has 0 atom stereocenters. The van der Waals surface area contributed by atoms with Crippen LogP contribution in [0.2, 0.25) is 0 Å². The lowest BCUT2D eigenvalue weighted by atomic mass is 9.90. The van der Waals surface area contributed by atoms with E-state index in [1.807, 2.05) is 7.05 Å². The predicted molar refractivity (Wildman–Crippen MR) is 38.3 cm³/mol. The molecule has 0 bridgehead atoms. The highest BCUT2D eigenvalue weighted by molar-refractivity contribution is 4.69. The van der Waals surface area contributed by atoms with E-state index in [4.69, 9.17) is 0 Å². The molecule has 0 spiro atoms. The molecule has 0 aliphatic heterocycles. The smallest absolute Gasteiger partial charge is 0.0900 e. The lowest BCUT2D eigenvalue weighted by molar-refractivity contribution is 0.281. The van der Waals surface area contributed by atoms with Crippen LogP contribution in [0.3, 0.4) is 0 Å². The minimum absolute atomic E-state index is 0.115. The quantitative estimate of drug-likeness (QED) is 0.614. The van der Waals surface area contributed by atoms with Crippen LogP contribution in [0.15, 0.2) is 0 Å². The molecule has 0 aromatic carbocycles. The van der Waals surface area contributed by atoms with Crippen molar-refractivity contribution < 1.29 is 4.39 Å². The lowest BCUT2D eigenvalue weighted by Gasteiger charge is -2.21. The molecule has 9 heavy (non-hydrogen) atoms. The average Bonchev–Trinajstić information content (AvgIpc) is 1.64. The summed E-state index contributed by atoms with van der Waals surface area (Å²) in [4.78, 5) is 0. The fourth-order valence-corrected chi connectivity index (χ4v) is 0.823. The van der Waals surface area contributed by atoms with Gasteiger partial charge in [-0.15, -0.1) is 0 Å². The molecular weight excluding hydrogens is 117 g/mol. The van der Waals surface area contributed by atoms with Crippen LogP contribution in [0, 0.1) is 5.41 Å². The maximum atomic E-state index is 11.8. The molecule has 0 saturated heterocycles. The third-order valence-corrected chi connectivity index (χ3v) is 1.43. The summed E-state index contributed by atoms with van der Waals surface area (Å²) >= 11 is 0. The van der Waals surface area contributed by atoms with Crippen molar-refractivity contribution in [2.24, 2.45) is 5.41 Å². The van der Waals surface area contributed by atoms with E-state index in [1.54, 1.807) is 0 Å². The maximum absolute atomic E-state index is 11.8. The molecule has 0 aromatic heterocycles. The highest BCUT2D eigenvalue weighted by Gasteiger charge is 2.15. The Labute approximate surface area is 56.6 Å². The molecule has 0 rings (SSSR count). The van der Waals surface area contributed by atoms with Gasteiger partial charge in [0.05, 0.1) is 6.67 Å². The molecule has 1 N–H and O–H groups in total. The Morgan fingerprint density at radius 1 is 1.44 bits per heavy atom. The molecule has 0 aliphatic carbocycles. The van der Waals surface area contributed by atoms with E-state index in [2.05, 4.69) is 19.2 Å². The van der Waals surface area contributed by atoms with Gasteiger partial charge in [0.25, 0.3) is 0 Å². The monoisotopic (exact) mass is 133 g/mol. The fourth-order valence-electron chi connectivity index (χ4n) is 0.823. The van der Waals surface area contributed by atoms with Crippen LogP contribution < -0.4 is 5.32 Å². The second-order valence-corrected chi connectivity index (χ2v) is 3.13. The third-order valence-electron chi connectivity index (χ3n) is 1.43. The average molecular weight is 133 g/mol. The minimum Gasteiger partial charge on any atom is -0.319 e.